The lowest BCUT2D eigenvalue weighted by atomic mass is 10.1. The molecule has 0 bridgehead atoms. The van der Waals surface area contributed by atoms with Crippen molar-refractivity contribution < 1.29 is 10.0 Å². The largest absolute Gasteiger partial charge is 0.409 e. The standard InChI is InChI=1S/C15H16BrN3O2/c1-9(14(17)19-21)8-18-15(20)12-3-2-11-7-13(16)5-4-10(11)6-12/h2-7,9,21H,8H2,1H3,(H2,17,19)(H,18,20). The number of oxime groups is 1. The molecule has 0 radical (unpaired) electrons. The minimum atomic E-state index is -0.227. The second-order valence-corrected chi connectivity index (χ2v) is 5.76. The minimum absolute atomic E-state index is 0.0960. The van der Waals surface area contributed by atoms with Crippen LogP contribution in [0.4, 0.5) is 0 Å². The maximum Gasteiger partial charge on any atom is 0.251 e. The minimum Gasteiger partial charge on any atom is -0.409 e. The van der Waals surface area contributed by atoms with Crippen molar-refractivity contribution in [2.24, 2.45) is 16.8 Å². The number of nitrogens with zero attached hydrogens (tertiary/aromatic N) is 1. The Balaban J connectivity index is 2.11. The molecule has 0 saturated carbocycles. The van der Waals surface area contributed by atoms with Crippen molar-refractivity contribution in [1.82, 2.24) is 5.32 Å². The molecule has 0 fully saturated rings. The van der Waals surface area contributed by atoms with Gasteiger partial charge in [0.05, 0.1) is 0 Å². The van der Waals surface area contributed by atoms with Gasteiger partial charge in [0, 0.05) is 22.5 Å². The molecule has 1 unspecified atom stereocenters. The van der Waals surface area contributed by atoms with E-state index in [1.807, 2.05) is 30.3 Å². The fourth-order valence-corrected chi connectivity index (χ4v) is 2.29. The molecule has 110 valence electrons. The van der Waals surface area contributed by atoms with Crippen LogP contribution in [0.15, 0.2) is 46.0 Å². The monoisotopic (exact) mass is 349 g/mol. The first-order valence-corrected chi connectivity index (χ1v) is 7.25. The van der Waals surface area contributed by atoms with E-state index in [9.17, 15) is 4.79 Å². The van der Waals surface area contributed by atoms with E-state index in [0.29, 0.717) is 12.1 Å². The molecule has 0 aliphatic carbocycles. The average Bonchev–Trinajstić information content (AvgIpc) is 2.50. The molecule has 2 rings (SSSR count). The van der Waals surface area contributed by atoms with E-state index in [-0.39, 0.29) is 17.7 Å². The zero-order valence-corrected chi connectivity index (χ0v) is 13.1. The lowest BCUT2D eigenvalue weighted by molar-refractivity contribution is 0.0951. The summed E-state index contributed by atoms with van der Waals surface area (Å²) in [6, 6.07) is 11.4. The van der Waals surface area contributed by atoms with Crippen LogP contribution >= 0.6 is 15.9 Å². The van der Waals surface area contributed by atoms with Gasteiger partial charge in [0.2, 0.25) is 0 Å². The Labute approximate surface area is 131 Å². The van der Waals surface area contributed by atoms with Crippen LogP contribution in [-0.2, 0) is 0 Å². The highest BCUT2D eigenvalue weighted by Crippen LogP contribution is 2.20. The number of amides is 1. The van der Waals surface area contributed by atoms with E-state index in [1.54, 1.807) is 13.0 Å². The number of benzene rings is 2. The Bertz CT molecular complexity index is 700. The summed E-state index contributed by atoms with van der Waals surface area (Å²) in [4.78, 5) is 12.1. The summed E-state index contributed by atoms with van der Waals surface area (Å²) in [6.07, 6.45) is 0. The third-order valence-electron chi connectivity index (χ3n) is 3.25. The van der Waals surface area contributed by atoms with Crippen molar-refractivity contribution in [3.05, 3.63) is 46.4 Å². The lowest BCUT2D eigenvalue weighted by Gasteiger charge is -2.11. The molecule has 0 heterocycles. The van der Waals surface area contributed by atoms with Gasteiger partial charge in [-0.15, -0.1) is 0 Å². The maximum atomic E-state index is 12.1. The quantitative estimate of drug-likeness (QED) is 0.343. The fraction of sp³-hybridized carbons (Fsp3) is 0.200. The average molecular weight is 350 g/mol. The summed E-state index contributed by atoms with van der Waals surface area (Å²) in [5, 5.41) is 16.3. The Hall–Kier alpha value is -2.08. The number of hydrogen-bond donors (Lipinski definition) is 3. The molecule has 0 spiro atoms. The van der Waals surface area contributed by atoms with E-state index in [0.717, 1.165) is 15.2 Å². The molecule has 2 aromatic carbocycles. The van der Waals surface area contributed by atoms with Gasteiger partial charge in [-0.1, -0.05) is 40.1 Å². The summed E-state index contributed by atoms with van der Waals surface area (Å²) in [7, 11) is 0. The molecule has 0 aliphatic rings. The Morgan fingerprint density at radius 1 is 1.33 bits per heavy atom. The number of fused-ring (bicyclic) bond motifs is 1. The second kappa shape index (κ2) is 6.58. The molecular weight excluding hydrogens is 334 g/mol. The fourth-order valence-electron chi connectivity index (χ4n) is 1.91. The molecule has 21 heavy (non-hydrogen) atoms. The zero-order chi connectivity index (χ0) is 15.4. The van der Waals surface area contributed by atoms with Gasteiger partial charge >= 0.3 is 0 Å². The van der Waals surface area contributed by atoms with E-state index in [4.69, 9.17) is 10.9 Å². The van der Waals surface area contributed by atoms with Gasteiger partial charge in [-0.3, -0.25) is 4.79 Å². The van der Waals surface area contributed by atoms with Crippen molar-refractivity contribution in [2.75, 3.05) is 6.54 Å². The summed E-state index contributed by atoms with van der Waals surface area (Å²) in [5.74, 6) is -0.313. The van der Waals surface area contributed by atoms with Crippen molar-refractivity contribution in [3.8, 4) is 0 Å². The first-order chi connectivity index (χ1) is 10.0. The molecule has 0 aliphatic heterocycles. The summed E-state index contributed by atoms with van der Waals surface area (Å²) < 4.78 is 1.000. The van der Waals surface area contributed by atoms with Gasteiger partial charge in [0.25, 0.3) is 5.91 Å². The highest BCUT2D eigenvalue weighted by Gasteiger charge is 2.11. The van der Waals surface area contributed by atoms with Crippen LogP contribution in [0.2, 0.25) is 0 Å². The third-order valence-corrected chi connectivity index (χ3v) is 3.75. The number of halogens is 1. The van der Waals surface area contributed by atoms with E-state index >= 15 is 0 Å². The number of hydrogen-bond acceptors (Lipinski definition) is 3. The summed E-state index contributed by atoms with van der Waals surface area (Å²) >= 11 is 3.42. The predicted molar refractivity (Wildman–Crippen MR) is 86.6 cm³/mol. The molecule has 4 N–H and O–H groups in total. The highest BCUT2D eigenvalue weighted by atomic mass is 79.9. The van der Waals surface area contributed by atoms with Crippen LogP contribution in [0, 0.1) is 5.92 Å². The molecule has 5 nitrogen and oxygen atoms in total. The van der Waals surface area contributed by atoms with Crippen LogP contribution in [0.5, 0.6) is 0 Å². The van der Waals surface area contributed by atoms with Crippen molar-refractivity contribution in [1.29, 1.82) is 0 Å². The first-order valence-electron chi connectivity index (χ1n) is 6.46. The summed E-state index contributed by atoms with van der Waals surface area (Å²) in [6.45, 7) is 2.08. The van der Waals surface area contributed by atoms with Gasteiger partial charge in [0.15, 0.2) is 0 Å². The predicted octanol–water partition coefficient (Wildman–Crippen LogP) is 2.71. The Kier molecular flexibility index (Phi) is 4.80. The van der Waals surface area contributed by atoms with Crippen LogP contribution < -0.4 is 11.1 Å². The van der Waals surface area contributed by atoms with Crippen LogP contribution in [0.3, 0.4) is 0 Å². The smallest absolute Gasteiger partial charge is 0.251 e. The molecular formula is C15H16BrN3O2. The number of carbonyl (C=O) groups excluding carboxylic acids is 1. The van der Waals surface area contributed by atoms with E-state index in [1.165, 1.54) is 0 Å². The molecule has 1 atom stereocenters. The van der Waals surface area contributed by atoms with Crippen molar-refractivity contribution in [3.63, 3.8) is 0 Å². The van der Waals surface area contributed by atoms with Gasteiger partial charge < -0.3 is 16.3 Å². The topological polar surface area (TPSA) is 87.7 Å². The first kappa shape index (κ1) is 15.3. The van der Waals surface area contributed by atoms with Gasteiger partial charge in [0.1, 0.15) is 5.84 Å². The van der Waals surface area contributed by atoms with Crippen LogP contribution in [0.25, 0.3) is 10.8 Å². The normalized spacial score (nSPS) is 13.1. The van der Waals surface area contributed by atoms with Crippen molar-refractivity contribution >= 4 is 38.4 Å². The zero-order valence-electron chi connectivity index (χ0n) is 11.5. The van der Waals surface area contributed by atoms with Crippen molar-refractivity contribution in [2.45, 2.75) is 6.92 Å². The van der Waals surface area contributed by atoms with E-state index < -0.39 is 0 Å². The molecule has 1 amide bonds. The van der Waals surface area contributed by atoms with Crippen LogP contribution in [0.1, 0.15) is 17.3 Å². The van der Waals surface area contributed by atoms with Gasteiger partial charge in [-0.05, 0) is 35.0 Å². The highest BCUT2D eigenvalue weighted by molar-refractivity contribution is 9.10. The lowest BCUT2D eigenvalue weighted by Crippen LogP contribution is -2.34. The van der Waals surface area contributed by atoms with Gasteiger partial charge in [-0.2, -0.15) is 0 Å². The molecule has 0 saturated heterocycles. The molecule has 6 heteroatoms. The number of nitrogens with one attached hydrogen (secondary N) is 1. The second-order valence-electron chi connectivity index (χ2n) is 4.84. The Morgan fingerprint density at radius 2 is 2.00 bits per heavy atom. The Morgan fingerprint density at radius 3 is 2.71 bits per heavy atom. The number of amidine groups is 1. The molecule has 2 aromatic rings. The third kappa shape index (κ3) is 3.72. The van der Waals surface area contributed by atoms with Crippen LogP contribution in [-0.4, -0.2) is 23.5 Å². The molecule has 0 aromatic heterocycles. The number of carbonyl (C=O) groups is 1. The summed E-state index contributed by atoms with van der Waals surface area (Å²) in [5.41, 5.74) is 6.05. The van der Waals surface area contributed by atoms with Gasteiger partial charge in [-0.25, -0.2) is 0 Å². The number of nitrogens with two attached hydrogens (primary N) is 1. The maximum absolute atomic E-state index is 12.1. The SMILES string of the molecule is CC(CNC(=O)c1ccc2cc(Br)ccc2c1)/C(N)=N/O. The number of rotatable bonds is 4. The van der Waals surface area contributed by atoms with E-state index in [2.05, 4.69) is 26.4 Å².